The highest BCUT2D eigenvalue weighted by molar-refractivity contribution is 5.94. The normalized spacial score (nSPS) is 15.2. The molecule has 1 aliphatic rings. The number of aromatic nitrogens is 3. The van der Waals surface area contributed by atoms with E-state index in [1.807, 2.05) is 56.4 Å². The molecule has 0 saturated carbocycles. The van der Waals surface area contributed by atoms with Crippen LogP contribution in [0, 0.1) is 0 Å². The third-order valence-corrected chi connectivity index (χ3v) is 5.50. The number of carbonyl (C=O) groups excluding carboxylic acids is 1. The summed E-state index contributed by atoms with van der Waals surface area (Å²) in [5.41, 5.74) is 1.52. The molecular weight excluding hydrogens is 394 g/mol. The molecule has 1 amide bonds. The largest absolute Gasteiger partial charge is 0.494 e. The Bertz CT molecular complexity index is 1030. The van der Waals surface area contributed by atoms with Gasteiger partial charge in [0.25, 0.3) is 0 Å². The molecule has 8 heteroatoms. The highest BCUT2D eigenvalue weighted by Crippen LogP contribution is 2.30. The summed E-state index contributed by atoms with van der Waals surface area (Å²) in [6.07, 6.45) is 3.91. The van der Waals surface area contributed by atoms with Gasteiger partial charge in [0.05, 0.1) is 25.4 Å². The van der Waals surface area contributed by atoms with Gasteiger partial charge in [0.15, 0.2) is 5.65 Å². The Balaban J connectivity index is 1.34. The molecule has 1 N–H and O–H groups in total. The molecule has 1 aromatic carbocycles. The van der Waals surface area contributed by atoms with Crippen molar-refractivity contribution in [3.05, 3.63) is 48.4 Å². The van der Waals surface area contributed by atoms with Gasteiger partial charge < -0.3 is 14.8 Å². The number of hydrogen-bond acceptors (Lipinski definition) is 6. The Labute approximate surface area is 182 Å². The van der Waals surface area contributed by atoms with Crippen molar-refractivity contribution in [2.75, 3.05) is 38.2 Å². The lowest BCUT2D eigenvalue weighted by Crippen LogP contribution is -2.39. The van der Waals surface area contributed by atoms with Crippen LogP contribution in [-0.2, 0) is 4.79 Å². The SMILES string of the molecule is CCOc1ccc(OCC)c(NC(=O)CN2CCC(c3nnc4ccccn34)CC2)c1. The van der Waals surface area contributed by atoms with E-state index in [1.165, 1.54) is 0 Å². The van der Waals surface area contributed by atoms with Gasteiger partial charge in [-0.05, 0) is 64.0 Å². The van der Waals surface area contributed by atoms with E-state index in [1.54, 1.807) is 0 Å². The minimum atomic E-state index is -0.0546. The summed E-state index contributed by atoms with van der Waals surface area (Å²) < 4.78 is 13.3. The lowest BCUT2D eigenvalue weighted by molar-refractivity contribution is -0.117. The van der Waals surface area contributed by atoms with Crippen molar-refractivity contribution in [3.8, 4) is 11.5 Å². The van der Waals surface area contributed by atoms with Crippen LogP contribution in [-0.4, -0.2) is 58.3 Å². The highest BCUT2D eigenvalue weighted by atomic mass is 16.5. The van der Waals surface area contributed by atoms with E-state index in [-0.39, 0.29) is 5.91 Å². The maximum Gasteiger partial charge on any atom is 0.238 e. The van der Waals surface area contributed by atoms with Crippen LogP contribution >= 0.6 is 0 Å². The average Bonchev–Trinajstić information content (AvgIpc) is 3.21. The van der Waals surface area contributed by atoms with Crippen LogP contribution in [0.3, 0.4) is 0 Å². The molecule has 0 aliphatic carbocycles. The maximum absolute atomic E-state index is 12.7. The standard InChI is InChI=1S/C23H29N5O3/c1-3-30-18-8-9-20(31-4-2)19(15-18)24-22(29)16-27-13-10-17(11-14-27)23-26-25-21-7-5-6-12-28(21)23/h5-9,12,15,17H,3-4,10-11,13-14,16H2,1-2H3,(H,24,29). The zero-order valence-corrected chi connectivity index (χ0v) is 18.1. The van der Waals surface area contributed by atoms with Crippen molar-refractivity contribution >= 4 is 17.2 Å². The summed E-state index contributed by atoms with van der Waals surface area (Å²) in [6.45, 7) is 6.98. The minimum Gasteiger partial charge on any atom is -0.494 e. The number of nitrogens with zero attached hydrogens (tertiary/aromatic N) is 4. The summed E-state index contributed by atoms with van der Waals surface area (Å²) in [6, 6.07) is 11.4. The summed E-state index contributed by atoms with van der Waals surface area (Å²) in [5, 5.41) is 11.7. The van der Waals surface area contributed by atoms with Crippen LogP contribution < -0.4 is 14.8 Å². The second-order valence-electron chi connectivity index (χ2n) is 7.61. The van der Waals surface area contributed by atoms with Crippen molar-refractivity contribution in [1.82, 2.24) is 19.5 Å². The third-order valence-electron chi connectivity index (χ3n) is 5.50. The smallest absolute Gasteiger partial charge is 0.238 e. The van der Waals surface area contributed by atoms with Gasteiger partial charge in [-0.1, -0.05) is 6.07 Å². The Hall–Kier alpha value is -3.13. The molecule has 1 fully saturated rings. The van der Waals surface area contributed by atoms with Crippen molar-refractivity contribution in [3.63, 3.8) is 0 Å². The van der Waals surface area contributed by atoms with Gasteiger partial charge in [0.2, 0.25) is 5.91 Å². The zero-order chi connectivity index (χ0) is 21.6. The molecule has 1 saturated heterocycles. The average molecular weight is 424 g/mol. The lowest BCUT2D eigenvalue weighted by Gasteiger charge is -2.30. The third kappa shape index (κ3) is 4.96. The van der Waals surface area contributed by atoms with Gasteiger partial charge in [-0.15, -0.1) is 10.2 Å². The quantitative estimate of drug-likeness (QED) is 0.599. The van der Waals surface area contributed by atoms with E-state index in [2.05, 4.69) is 24.8 Å². The molecule has 3 heterocycles. The number of hydrogen-bond donors (Lipinski definition) is 1. The first-order valence-corrected chi connectivity index (χ1v) is 10.9. The molecule has 164 valence electrons. The van der Waals surface area contributed by atoms with E-state index >= 15 is 0 Å². The number of rotatable bonds is 8. The number of likely N-dealkylation sites (tertiary alicyclic amines) is 1. The highest BCUT2D eigenvalue weighted by Gasteiger charge is 2.25. The number of benzene rings is 1. The van der Waals surface area contributed by atoms with Crippen molar-refractivity contribution in [2.24, 2.45) is 0 Å². The number of nitrogens with one attached hydrogen (secondary N) is 1. The maximum atomic E-state index is 12.7. The second kappa shape index (κ2) is 9.78. The molecular formula is C23H29N5O3. The monoisotopic (exact) mass is 423 g/mol. The molecule has 0 unspecified atom stereocenters. The molecule has 3 aromatic rings. The molecule has 4 rings (SSSR count). The Morgan fingerprint density at radius 1 is 1.10 bits per heavy atom. The van der Waals surface area contributed by atoms with Crippen LogP contribution in [0.2, 0.25) is 0 Å². The zero-order valence-electron chi connectivity index (χ0n) is 18.1. The van der Waals surface area contributed by atoms with Gasteiger partial charge in [-0.25, -0.2) is 0 Å². The molecule has 0 spiro atoms. The Morgan fingerprint density at radius 3 is 2.68 bits per heavy atom. The summed E-state index contributed by atoms with van der Waals surface area (Å²) >= 11 is 0. The number of anilines is 1. The van der Waals surface area contributed by atoms with Gasteiger partial charge in [0.1, 0.15) is 17.3 Å². The number of ether oxygens (including phenoxy) is 2. The molecule has 0 radical (unpaired) electrons. The van der Waals surface area contributed by atoms with Crippen molar-refractivity contribution in [1.29, 1.82) is 0 Å². The first-order valence-electron chi connectivity index (χ1n) is 10.9. The minimum absolute atomic E-state index is 0.0546. The first kappa shape index (κ1) is 21.1. The van der Waals surface area contributed by atoms with E-state index < -0.39 is 0 Å². The van der Waals surface area contributed by atoms with E-state index in [4.69, 9.17) is 9.47 Å². The first-order chi connectivity index (χ1) is 15.2. The van der Waals surface area contributed by atoms with Gasteiger partial charge >= 0.3 is 0 Å². The molecule has 8 nitrogen and oxygen atoms in total. The number of carbonyl (C=O) groups is 1. The summed E-state index contributed by atoms with van der Waals surface area (Å²) in [4.78, 5) is 14.9. The van der Waals surface area contributed by atoms with Gasteiger partial charge in [-0.3, -0.25) is 14.1 Å². The lowest BCUT2D eigenvalue weighted by atomic mass is 9.96. The summed E-state index contributed by atoms with van der Waals surface area (Å²) in [7, 11) is 0. The van der Waals surface area contributed by atoms with E-state index in [0.717, 1.165) is 37.4 Å². The molecule has 2 aromatic heterocycles. The number of piperidine rings is 1. The summed E-state index contributed by atoms with van der Waals surface area (Å²) in [5.74, 6) is 2.67. The van der Waals surface area contributed by atoms with Gasteiger partial charge in [0, 0.05) is 18.2 Å². The Morgan fingerprint density at radius 2 is 1.90 bits per heavy atom. The molecule has 31 heavy (non-hydrogen) atoms. The molecule has 0 bridgehead atoms. The fourth-order valence-electron chi connectivity index (χ4n) is 4.02. The molecule has 1 aliphatic heterocycles. The Kier molecular flexibility index (Phi) is 6.66. The fourth-order valence-corrected chi connectivity index (χ4v) is 4.02. The molecule has 0 atom stereocenters. The van der Waals surface area contributed by atoms with Crippen LogP contribution in [0.4, 0.5) is 5.69 Å². The van der Waals surface area contributed by atoms with Crippen molar-refractivity contribution < 1.29 is 14.3 Å². The van der Waals surface area contributed by atoms with Crippen LogP contribution in [0.1, 0.15) is 38.4 Å². The predicted octanol–water partition coefficient (Wildman–Crippen LogP) is 3.34. The predicted molar refractivity (Wildman–Crippen MR) is 119 cm³/mol. The van der Waals surface area contributed by atoms with Crippen LogP contribution in [0.5, 0.6) is 11.5 Å². The fraction of sp³-hybridized carbons (Fsp3) is 0.435. The topological polar surface area (TPSA) is 81.0 Å². The van der Waals surface area contributed by atoms with Gasteiger partial charge in [-0.2, -0.15) is 0 Å². The second-order valence-corrected chi connectivity index (χ2v) is 7.61. The number of amides is 1. The van der Waals surface area contributed by atoms with Crippen molar-refractivity contribution in [2.45, 2.75) is 32.6 Å². The number of pyridine rings is 1. The van der Waals surface area contributed by atoms with Crippen LogP contribution in [0.15, 0.2) is 42.6 Å². The van der Waals surface area contributed by atoms with E-state index in [9.17, 15) is 4.79 Å². The number of fused-ring (bicyclic) bond motifs is 1. The van der Waals surface area contributed by atoms with Crippen LogP contribution in [0.25, 0.3) is 5.65 Å². The van der Waals surface area contributed by atoms with E-state index in [0.29, 0.717) is 42.9 Å².